The summed E-state index contributed by atoms with van der Waals surface area (Å²) in [5.41, 5.74) is 6.39. The molecule has 2 aromatic carbocycles. The van der Waals surface area contributed by atoms with E-state index in [2.05, 4.69) is 73.9 Å². The Balaban J connectivity index is 1.50. The molecule has 168 valence electrons. The number of hydrogen-bond acceptors (Lipinski definition) is 3. The van der Waals surface area contributed by atoms with Crippen LogP contribution >= 0.6 is 0 Å². The number of aliphatic imine (C=N–C) groups is 1. The van der Waals surface area contributed by atoms with Crippen molar-refractivity contribution in [2.75, 3.05) is 26.3 Å². The zero-order valence-corrected chi connectivity index (χ0v) is 19.2. The van der Waals surface area contributed by atoms with Crippen LogP contribution in [0.15, 0.2) is 47.5 Å². The highest BCUT2D eigenvalue weighted by molar-refractivity contribution is 5.79. The van der Waals surface area contributed by atoms with Crippen LogP contribution in [0, 0.1) is 13.8 Å². The number of benzene rings is 2. The van der Waals surface area contributed by atoms with Gasteiger partial charge in [-0.25, -0.2) is 4.99 Å². The number of guanidine groups is 1. The molecule has 0 spiro atoms. The standard InChI is InChI=1S/C26H37N3O2/c1-4-27-26(28-11-8-22-15-20(2)14-21(3)16-22)29-18-23-6-5-7-24(17-23)19-31-25-9-12-30-13-10-25/h5-7,14-17,25H,4,8-13,18-19H2,1-3H3,(H2,27,28,29). The van der Waals surface area contributed by atoms with Crippen LogP contribution in [0.2, 0.25) is 0 Å². The summed E-state index contributed by atoms with van der Waals surface area (Å²) in [5.74, 6) is 0.857. The molecule has 0 unspecified atom stereocenters. The van der Waals surface area contributed by atoms with Crippen molar-refractivity contribution >= 4 is 5.96 Å². The van der Waals surface area contributed by atoms with E-state index in [1.807, 2.05) is 0 Å². The highest BCUT2D eigenvalue weighted by Gasteiger charge is 2.14. The van der Waals surface area contributed by atoms with Crippen molar-refractivity contribution < 1.29 is 9.47 Å². The van der Waals surface area contributed by atoms with Gasteiger partial charge in [0.25, 0.3) is 0 Å². The molecule has 1 aliphatic rings. The molecule has 1 aliphatic heterocycles. The molecule has 2 aromatic rings. The Bertz CT molecular complexity index is 824. The molecule has 1 heterocycles. The maximum Gasteiger partial charge on any atom is 0.191 e. The first-order chi connectivity index (χ1) is 15.1. The van der Waals surface area contributed by atoms with Gasteiger partial charge in [0.15, 0.2) is 5.96 Å². The molecule has 1 saturated heterocycles. The molecule has 0 saturated carbocycles. The fraction of sp³-hybridized carbons (Fsp3) is 0.500. The highest BCUT2D eigenvalue weighted by atomic mass is 16.5. The number of rotatable bonds is 9. The molecule has 5 heteroatoms. The molecule has 3 rings (SSSR count). The number of ether oxygens (including phenoxy) is 2. The first-order valence-electron chi connectivity index (χ1n) is 11.5. The van der Waals surface area contributed by atoms with Crippen molar-refractivity contribution in [2.45, 2.75) is 59.3 Å². The molecule has 31 heavy (non-hydrogen) atoms. The zero-order chi connectivity index (χ0) is 21.9. The summed E-state index contributed by atoms with van der Waals surface area (Å²) in [4.78, 5) is 4.78. The van der Waals surface area contributed by atoms with Gasteiger partial charge in [0, 0.05) is 26.3 Å². The van der Waals surface area contributed by atoms with Gasteiger partial charge in [0.2, 0.25) is 0 Å². The Morgan fingerprint density at radius 2 is 1.74 bits per heavy atom. The molecule has 0 atom stereocenters. The molecule has 0 bridgehead atoms. The largest absolute Gasteiger partial charge is 0.381 e. The minimum absolute atomic E-state index is 0.317. The summed E-state index contributed by atoms with van der Waals surface area (Å²) in [6.45, 7) is 11.0. The van der Waals surface area contributed by atoms with Crippen LogP contribution in [0.1, 0.15) is 47.6 Å². The lowest BCUT2D eigenvalue weighted by molar-refractivity contribution is -0.0390. The number of nitrogens with zero attached hydrogens (tertiary/aromatic N) is 1. The molecule has 1 fully saturated rings. The molecule has 2 N–H and O–H groups in total. The third kappa shape index (κ3) is 8.35. The van der Waals surface area contributed by atoms with Crippen LogP contribution in [0.4, 0.5) is 0 Å². The van der Waals surface area contributed by atoms with E-state index in [4.69, 9.17) is 14.5 Å². The minimum atomic E-state index is 0.317. The van der Waals surface area contributed by atoms with Gasteiger partial charge in [-0.15, -0.1) is 0 Å². The quantitative estimate of drug-likeness (QED) is 0.466. The Labute approximate surface area is 187 Å². The molecular formula is C26H37N3O2. The lowest BCUT2D eigenvalue weighted by atomic mass is 10.1. The van der Waals surface area contributed by atoms with Crippen molar-refractivity contribution in [3.8, 4) is 0 Å². The number of aryl methyl sites for hydroxylation is 2. The monoisotopic (exact) mass is 423 g/mol. The third-order valence-electron chi connectivity index (χ3n) is 5.40. The Hall–Kier alpha value is -2.37. The summed E-state index contributed by atoms with van der Waals surface area (Å²) >= 11 is 0. The highest BCUT2D eigenvalue weighted by Crippen LogP contribution is 2.15. The van der Waals surface area contributed by atoms with Gasteiger partial charge in [-0.3, -0.25) is 0 Å². The van der Waals surface area contributed by atoms with Crippen molar-refractivity contribution in [3.63, 3.8) is 0 Å². The first kappa shape index (κ1) is 23.3. The predicted molar refractivity (Wildman–Crippen MR) is 128 cm³/mol. The normalized spacial score (nSPS) is 15.1. The van der Waals surface area contributed by atoms with Gasteiger partial charge in [-0.05, 0) is 56.7 Å². The maximum atomic E-state index is 6.06. The minimum Gasteiger partial charge on any atom is -0.381 e. The van der Waals surface area contributed by atoms with Crippen molar-refractivity contribution in [1.82, 2.24) is 10.6 Å². The topological polar surface area (TPSA) is 54.9 Å². The number of nitrogens with one attached hydrogen (secondary N) is 2. The van der Waals surface area contributed by atoms with Crippen LogP contribution in [0.5, 0.6) is 0 Å². The van der Waals surface area contributed by atoms with E-state index in [-0.39, 0.29) is 0 Å². The summed E-state index contributed by atoms with van der Waals surface area (Å²) in [6.07, 6.45) is 3.27. The van der Waals surface area contributed by atoms with Crippen LogP contribution < -0.4 is 10.6 Å². The van der Waals surface area contributed by atoms with E-state index in [0.29, 0.717) is 19.3 Å². The van der Waals surface area contributed by atoms with E-state index in [9.17, 15) is 0 Å². The van der Waals surface area contributed by atoms with Crippen LogP contribution in [0.3, 0.4) is 0 Å². The van der Waals surface area contributed by atoms with Gasteiger partial charge in [0.05, 0.1) is 19.3 Å². The van der Waals surface area contributed by atoms with Crippen molar-refractivity contribution in [2.24, 2.45) is 4.99 Å². The van der Waals surface area contributed by atoms with E-state index in [0.717, 1.165) is 51.5 Å². The molecule has 0 aromatic heterocycles. The summed E-state index contributed by atoms with van der Waals surface area (Å²) in [7, 11) is 0. The fourth-order valence-corrected chi connectivity index (χ4v) is 3.93. The molecule has 0 radical (unpaired) electrons. The average molecular weight is 424 g/mol. The van der Waals surface area contributed by atoms with Gasteiger partial charge >= 0.3 is 0 Å². The summed E-state index contributed by atoms with van der Waals surface area (Å²) in [5, 5.41) is 6.81. The van der Waals surface area contributed by atoms with Crippen LogP contribution in [-0.4, -0.2) is 38.4 Å². The number of hydrogen-bond donors (Lipinski definition) is 2. The van der Waals surface area contributed by atoms with Gasteiger partial charge in [-0.2, -0.15) is 0 Å². The molecule has 0 amide bonds. The summed E-state index contributed by atoms with van der Waals surface area (Å²) < 4.78 is 11.5. The first-order valence-corrected chi connectivity index (χ1v) is 11.5. The van der Waals surface area contributed by atoms with Gasteiger partial charge < -0.3 is 20.1 Å². The van der Waals surface area contributed by atoms with Crippen LogP contribution in [-0.2, 0) is 29.0 Å². The second-order valence-electron chi connectivity index (χ2n) is 8.31. The molecule has 5 nitrogen and oxygen atoms in total. The van der Waals surface area contributed by atoms with Crippen molar-refractivity contribution in [3.05, 3.63) is 70.3 Å². The Kier molecular flexibility index (Phi) is 9.38. The Morgan fingerprint density at radius 3 is 2.48 bits per heavy atom. The lowest BCUT2D eigenvalue weighted by Gasteiger charge is -2.22. The predicted octanol–water partition coefficient (Wildman–Crippen LogP) is 4.30. The van der Waals surface area contributed by atoms with E-state index in [1.165, 1.54) is 27.8 Å². The Morgan fingerprint density at radius 1 is 1.00 bits per heavy atom. The smallest absolute Gasteiger partial charge is 0.191 e. The van der Waals surface area contributed by atoms with E-state index >= 15 is 0 Å². The van der Waals surface area contributed by atoms with Gasteiger partial charge in [-0.1, -0.05) is 53.6 Å². The van der Waals surface area contributed by atoms with E-state index in [1.54, 1.807) is 0 Å². The maximum absolute atomic E-state index is 6.06. The lowest BCUT2D eigenvalue weighted by Crippen LogP contribution is -2.38. The molecular weight excluding hydrogens is 386 g/mol. The van der Waals surface area contributed by atoms with Crippen molar-refractivity contribution in [1.29, 1.82) is 0 Å². The second kappa shape index (κ2) is 12.5. The summed E-state index contributed by atoms with van der Waals surface area (Å²) in [6, 6.07) is 15.3. The third-order valence-corrected chi connectivity index (χ3v) is 5.40. The zero-order valence-electron chi connectivity index (χ0n) is 19.2. The SMILES string of the molecule is CCNC(=NCc1cccc(COC2CCOCC2)c1)NCCc1cc(C)cc(C)c1. The average Bonchev–Trinajstić information content (AvgIpc) is 2.76. The molecule has 0 aliphatic carbocycles. The van der Waals surface area contributed by atoms with Gasteiger partial charge in [0.1, 0.15) is 0 Å². The fourth-order valence-electron chi connectivity index (χ4n) is 3.93. The van der Waals surface area contributed by atoms with E-state index < -0.39 is 0 Å². The second-order valence-corrected chi connectivity index (χ2v) is 8.31. The van der Waals surface area contributed by atoms with Crippen LogP contribution in [0.25, 0.3) is 0 Å².